The van der Waals surface area contributed by atoms with E-state index in [9.17, 15) is 0 Å². The Morgan fingerprint density at radius 3 is 2.82 bits per heavy atom. The third-order valence-electron chi connectivity index (χ3n) is 1.79. The zero-order valence-corrected chi connectivity index (χ0v) is 12.7. The molecule has 3 N–H and O–H groups in total. The maximum Gasteiger partial charge on any atom is 0.189 e. The number of aromatic nitrogens is 1. The van der Waals surface area contributed by atoms with Crippen molar-refractivity contribution in [1.29, 1.82) is 0 Å². The molecular weight excluding hydrogens is 351 g/mol. The number of aliphatic imine (C=N–C) groups is 1. The number of halogens is 2. The summed E-state index contributed by atoms with van der Waals surface area (Å²) in [5.41, 5.74) is 7.62. The first-order valence-corrected chi connectivity index (χ1v) is 5.24. The van der Waals surface area contributed by atoms with Gasteiger partial charge in [0.15, 0.2) is 5.96 Å². The van der Waals surface area contributed by atoms with E-state index >= 15 is 0 Å². The summed E-state index contributed by atoms with van der Waals surface area (Å²) in [5, 5.41) is 3.42. The molecule has 1 heterocycles. The van der Waals surface area contributed by atoms with E-state index in [0.29, 0.717) is 24.2 Å². The van der Waals surface area contributed by atoms with Gasteiger partial charge in [0.2, 0.25) is 0 Å². The highest BCUT2D eigenvalue weighted by Crippen LogP contribution is 2.05. The van der Waals surface area contributed by atoms with Crippen molar-refractivity contribution in [2.75, 3.05) is 6.54 Å². The van der Waals surface area contributed by atoms with Gasteiger partial charge < -0.3 is 11.1 Å². The molecule has 94 valence electrons. The standard InChI is InChI=1S/C11H15ClN4.HI/c1-8(2)5-15-11(13)16-7-9-3-4-10(12)14-6-9;/h3-4,6H,1,5,7H2,2H3,(H3,13,15,16);1H. The lowest BCUT2D eigenvalue weighted by molar-refractivity contribution is 0.937. The predicted molar refractivity (Wildman–Crippen MR) is 82.8 cm³/mol. The van der Waals surface area contributed by atoms with E-state index in [1.165, 1.54) is 0 Å². The van der Waals surface area contributed by atoms with Gasteiger partial charge in [-0.2, -0.15) is 0 Å². The van der Waals surface area contributed by atoms with E-state index in [1.807, 2.05) is 13.0 Å². The molecule has 0 unspecified atom stereocenters. The summed E-state index contributed by atoms with van der Waals surface area (Å²) >= 11 is 5.67. The number of hydrogen-bond acceptors (Lipinski definition) is 2. The second-order valence-electron chi connectivity index (χ2n) is 3.50. The van der Waals surface area contributed by atoms with Gasteiger partial charge in [0, 0.05) is 12.7 Å². The SMILES string of the molecule is C=C(C)CNC(N)=NCc1ccc(Cl)nc1.I. The van der Waals surface area contributed by atoms with Crippen LogP contribution in [-0.4, -0.2) is 17.5 Å². The first-order valence-electron chi connectivity index (χ1n) is 4.86. The topological polar surface area (TPSA) is 63.3 Å². The van der Waals surface area contributed by atoms with Crippen LogP contribution in [-0.2, 0) is 6.54 Å². The number of nitrogens with zero attached hydrogens (tertiary/aromatic N) is 2. The highest BCUT2D eigenvalue weighted by molar-refractivity contribution is 14.0. The van der Waals surface area contributed by atoms with Gasteiger partial charge in [-0.3, -0.25) is 0 Å². The monoisotopic (exact) mass is 366 g/mol. The van der Waals surface area contributed by atoms with E-state index in [4.69, 9.17) is 17.3 Å². The normalized spacial score (nSPS) is 10.6. The first-order chi connectivity index (χ1) is 7.58. The average Bonchev–Trinajstić information content (AvgIpc) is 2.25. The minimum atomic E-state index is 0. The van der Waals surface area contributed by atoms with Gasteiger partial charge >= 0.3 is 0 Å². The molecule has 1 aromatic rings. The summed E-state index contributed by atoms with van der Waals surface area (Å²) in [4.78, 5) is 8.11. The Morgan fingerprint density at radius 1 is 1.59 bits per heavy atom. The first kappa shape index (κ1) is 16.2. The lowest BCUT2D eigenvalue weighted by Gasteiger charge is -2.04. The largest absolute Gasteiger partial charge is 0.370 e. The number of rotatable bonds is 4. The number of hydrogen-bond donors (Lipinski definition) is 2. The zero-order valence-electron chi connectivity index (χ0n) is 9.61. The van der Waals surface area contributed by atoms with Crippen LogP contribution in [0, 0.1) is 0 Å². The zero-order chi connectivity index (χ0) is 12.0. The van der Waals surface area contributed by atoms with E-state index in [1.54, 1.807) is 12.3 Å². The van der Waals surface area contributed by atoms with E-state index in [0.717, 1.165) is 11.1 Å². The Labute approximate surface area is 123 Å². The van der Waals surface area contributed by atoms with Crippen molar-refractivity contribution in [2.45, 2.75) is 13.5 Å². The molecule has 0 spiro atoms. The molecule has 0 amide bonds. The van der Waals surface area contributed by atoms with E-state index < -0.39 is 0 Å². The molecule has 0 aliphatic carbocycles. The Hall–Kier alpha value is -0.820. The summed E-state index contributed by atoms with van der Waals surface area (Å²) in [6.07, 6.45) is 1.68. The van der Waals surface area contributed by atoms with Crippen molar-refractivity contribution in [1.82, 2.24) is 10.3 Å². The van der Waals surface area contributed by atoms with Gasteiger partial charge in [-0.25, -0.2) is 9.98 Å². The molecule has 6 heteroatoms. The van der Waals surface area contributed by atoms with Crippen LogP contribution in [0.1, 0.15) is 12.5 Å². The van der Waals surface area contributed by atoms with Gasteiger partial charge in [0.1, 0.15) is 5.15 Å². The molecular formula is C11H16ClIN4. The summed E-state index contributed by atoms with van der Waals surface area (Å²) in [6.45, 7) is 6.80. The number of nitrogens with two attached hydrogens (primary N) is 1. The van der Waals surface area contributed by atoms with Crippen LogP contribution in [0.4, 0.5) is 0 Å². The fourth-order valence-electron chi connectivity index (χ4n) is 0.974. The molecule has 1 aromatic heterocycles. The number of guanidine groups is 1. The van der Waals surface area contributed by atoms with E-state index in [2.05, 4.69) is 21.9 Å². The fraction of sp³-hybridized carbons (Fsp3) is 0.273. The molecule has 1 rings (SSSR count). The molecule has 0 fully saturated rings. The van der Waals surface area contributed by atoms with Crippen LogP contribution in [0.5, 0.6) is 0 Å². The molecule has 0 aliphatic rings. The van der Waals surface area contributed by atoms with Crippen molar-refractivity contribution in [3.8, 4) is 0 Å². The second kappa shape index (κ2) is 8.30. The molecule has 0 aliphatic heterocycles. The van der Waals surface area contributed by atoms with Gasteiger partial charge in [-0.05, 0) is 18.6 Å². The average molecular weight is 367 g/mol. The fourth-order valence-corrected chi connectivity index (χ4v) is 1.09. The maximum absolute atomic E-state index is 5.67. The predicted octanol–water partition coefficient (Wildman–Crippen LogP) is 2.33. The minimum Gasteiger partial charge on any atom is -0.370 e. The van der Waals surface area contributed by atoms with Crippen LogP contribution in [0.2, 0.25) is 5.15 Å². The minimum absolute atomic E-state index is 0. The lowest BCUT2D eigenvalue weighted by Crippen LogP contribution is -2.32. The van der Waals surface area contributed by atoms with Crippen molar-refractivity contribution in [3.05, 3.63) is 41.2 Å². The Morgan fingerprint density at radius 2 is 2.29 bits per heavy atom. The highest BCUT2D eigenvalue weighted by atomic mass is 127. The molecule has 0 atom stereocenters. The number of pyridine rings is 1. The van der Waals surface area contributed by atoms with Crippen LogP contribution in [0.25, 0.3) is 0 Å². The molecule has 0 bridgehead atoms. The molecule has 4 nitrogen and oxygen atoms in total. The molecule has 0 aromatic carbocycles. The summed E-state index contributed by atoms with van der Waals surface area (Å²) < 4.78 is 0. The van der Waals surface area contributed by atoms with E-state index in [-0.39, 0.29) is 24.0 Å². The molecule has 0 saturated heterocycles. The molecule has 0 saturated carbocycles. The van der Waals surface area contributed by atoms with Crippen molar-refractivity contribution in [2.24, 2.45) is 10.7 Å². The van der Waals surface area contributed by atoms with Gasteiger partial charge in [0.25, 0.3) is 0 Å². The smallest absolute Gasteiger partial charge is 0.189 e. The van der Waals surface area contributed by atoms with Crippen molar-refractivity contribution in [3.63, 3.8) is 0 Å². The van der Waals surface area contributed by atoms with Crippen molar-refractivity contribution >= 4 is 41.5 Å². The maximum atomic E-state index is 5.67. The van der Waals surface area contributed by atoms with Crippen molar-refractivity contribution < 1.29 is 0 Å². The molecule has 17 heavy (non-hydrogen) atoms. The molecule has 0 radical (unpaired) electrons. The lowest BCUT2D eigenvalue weighted by atomic mass is 10.3. The third-order valence-corrected chi connectivity index (χ3v) is 2.02. The second-order valence-corrected chi connectivity index (χ2v) is 3.89. The Bertz CT molecular complexity index is 389. The van der Waals surface area contributed by atoms with Gasteiger partial charge in [-0.1, -0.05) is 29.8 Å². The van der Waals surface area contributed by atoms with Crippen LogP contribution in [0.15, 0.2) is 35.5 Å². The quantitative estimate of drug-likeness (QED) is 0.283. The Balaban J connectivity index is 0.00000256. The van der Waals surface area contributed by atoms with Crippen LogP contribution in [0.3, 0.4) is 0 Å². The third kappa shape index (κ3) is 7.17. The van der Waals surface area contributed by atoms with Crippen LogP contribution >= 0.6 is 35.6 Å². The Kier molecular flexibility index (Phi) is 7.90. The number of nitrogens with one attached hydrogen (secondary N) is 1. The summed E-state index contributed by atoms with van der Waals surface area (Å²) in [5.74, 6) is 0.401. The summed E-state index contributed by atoms with van der Waals surface area (Å²) in [7, 11) is 0. The van der Waals surface area contributed by atoms with Gasteiger partial charge in [-0.15, -0.1) is 24.0 Å². The van der Waals surface area contributed by atoms with Gasteiger partial charge in [0.05, 0.1) is 6.54 Å². The summed E-state index contributed by atoms with van der Waals surface area (Å²) in [6, 6.07) is 3.59. The highest BCUT2D eigenvalue weighted by Gasteiger charge is 1.94. The van der Waals surface area contributed by atoms with Crippen LogP contribution < -0.4 is 11.1 Å².